The van der Waals surface area contributed by atoms with Gasteiger partial charge in [-0.25, -0.2) is 4.79 Å². The van der Waals surface area contributed by atoms with Crippen LogP contribution in [0.25, 0.3) is 11.1 Å². The normalized spacial score (nSPS) is 10.4. The number of carbonyl (C=O) groups is 2. The standard InChI is InChI=1S/C15H17N3O3/c1-3-21-15(20)14(19)5-4-13-8-11(6-7-16-13)12-9-17-18(2)10-12/h6-10H,3-5H2,1-2H3. The van der Waals surface area contributed by atoms with E-state index in [1.165, 1.54) is 0 Å². The average Bonchev–Trinajstić information content (AvgIpc) is 2.92. The zero-order chi connectivity index (χ0) is 15.2. The van der Waals surface area contributed by atoms with Gasteiger partial charge in [0.2, 0.25) is 5.78 Å². The maximum absolute atomic E-state index is 11.5. The number of hydrogen-bond donors (Lipinski definition) is 0. The lowest BCUT2D eigenvalue weighted by Gasteiger charge is -2.03. The molecule has 0 bridgehead atoms. The number of pyridine rings is 1. The van der Waals surface area contributed by atoms with E-state index in [1.807, 2.05) is 25.4 Å². The molecule has 0 aromatic carbocycles. The quantitative estimate of drug-likeness (QED) is 0.595. The first kappa shape index (κ1) is 14.9. The van der Waals surface area contributed by atoms with Crippen molar-refractivity contribution in [2.24, 2.45) is 7.05 Å². The molecule has 0 saturated carbocycles. The Morgan fingerprint density at radius 2 is 2.14 bits per heavy atom. The predicted molar refractivity (Wildman–Crippen MR) is 76.4 cm³/mol. The lowest BCUT2D eigenvalue weighted by atomic mass is 10.1. The number of rotatable bonds is 6. The number of carbonyl (C=O) groups excluding carboxylic acids is 2. The van der Waals surface area contributed by atoms with Gasteiger partial charge in [-0.1, -0.05) is 0 Å². The average molecular weight is 287 g/mol. The molecule has 0 amide bonds. The summed E-state index contributed by atoms with van der Waals surface area (Å²) in [5.41, 5.74) is 2.73. The van der Waals surface area contributed by atoms with Crippen LogP contribution in [0.1, 0.15) is 19.0 Å². The summed E-state index contributed by atoms with van der Waals surface area (Å²) >= 11 is 0. The highest BCUT2D eigenvalue weighted by atomic mass is 16.5. The lowest BCUT2D eigenvalue weighted by Crippen LogP contribution is -2.17. The van der Waals surface area contributed by atoms with Crippen LogP contribution >= 0.6 is 0 Å². The van der Waals surface area contributed by atoms with Crippen molar-refractivity contribution < 1.29 is 14.3 Å². The van der Waals surface area contributed by atoms with Gasteiger partial charge in [-0.3, -0.25) is 14.5 Å². The van der Waals surface area contributed by atoms with E-state index in [-0.39, 0.29) is 13.0 Å². The van der Waals surface area contributed by atoms with Crippen LogP contribution in [0.3, 0.4) is 0 Å². The third kappa shape index (κ3) is 3.98. The predicted octanol–water partition coefficient (Wildman–Crippen LogP) is 1.55. The first-order valence-corrected chi connectivity index (χ1v) is 6.74. The SMILES string of the molecule is CCOC(=O)C(=O)CCc1cc(-c2cnn(C)c2)ccn1. The molecule has 2 rings (SSSR count). The van der Waals surface area contributed by atoms with E-state index in [1.54, 1.807) is 24.0 Å². The second-order valence-electron chi connectivity index (χ2n) is 4.58. The Bertz CT molecular complexity index is 649. The second kappa shape index (κ2) is 6.78. The van der Waals surface area contributed by atoms with Crippen LogP contribution in [0.15, 0.2) is 30.7 Å². The second-order valence-corrected chi connectivity index (χ2v) is 4.58. The maximum atomic E-state index is 11.5. The van der Waals surface area contributed by atoms with Crippen molar-refractivity contribution in [3.05, 3.63) is 36.4 Å². The minimum absolute atomic E-state index is 0.0995. The Kier molecular flexibility index (Phi) is 4.81. The molecule has 110 valence electrons. The highest BCUT2D eigenvalue weighted by Crippen LogP contribution is 2.18. The molecule has 0 N–H and O–H groups in total. The number of esters is 1. The fourth-order valence-corrected chi connectivity index (χ4v) is 1.92. The molecular weight excluding hydrogens is 270 g/mol. The summed E-state index contributed by atoms with van der Waals surface area (Å²) in [5, 5.41) is 4.12. The lowest BCUT2D eigenvalue weighted by molar-refractivity contribution is -0.153. The molecule has 6 heteroatoms. The molecule has 0 aliphatic carbocycles. The molecular formula is C15H17N3O3. The summed E-state index contributed by atoms with van der Waals surface area (Å²) in [6.07, 6.45) is 5.87. The Labute approximate surface area is 122 Å². The van der Waals surface area contributed by atoms with Crippen molar-refractivity contribution in [3.63, 3.8) is 0 Å². The molecule has 0 unspecified atom stereocenters. The number of Topliss-reactive ketones (excluding diaryl/α,β-unsaturated/α-hetero) is 1. The summed E-state index contributed by atoms with van der Waals surface area (Å²) in [6.45, 7) is 1.88. The van der Waals surface area contributed by atoms with Gasteiger partial charge in [-0.2, -0.15) is 5.10 Å². The van der Waals surface area contributed by atoms with Crippen molar-refractivity contribution in [2.75, 3.05) is 6.61 Å². The van der Waals surface area contributed by atoms with Gasteiger partial charge in [0.15, 0.2) is 0 Å². The van der Waals surface area contributed by atoms with Gasteiger partial charge in [0.25, 0.3) is 0 Å². The monoisotopic (exact) mass is 287 g/mol. The molecule has 0 saturated heterocycles. The topological polar surface area (TPSA) is 74.1 Å². The molecule has 0 aliphatic rings. The minimum atomic E-state index is -0.777. The number of ether oxygens (including phenoxy) is 1. The molecule has 0 atom stereocenters. The summed E-state index contributed by atoms with van der Waals surface area (Å²) in [5.74, 6) is -1.30. The Morgan fingerprint density at radius 1 is 1.33 bits per heavy atom. The van der Waals surface area contributed by atoms with Crippen LogP contribution in [0.4, 0.5) is 0 Å². The van der Waals surface area contributed by atoms with Crippen LogP contribution in [0, 0.1) is 0 Å². The van der Waals surface area contributed by atoms with Gasteiger partial charge in [-0.15, -0.1) is 0 Å². The Morgan fingerprint density at radius 3 is 2.81 bits per heavy atom. The number of ketones is 1. The van der Waals surface area contributed by atoms with Crippen molar-refractivity contribution in [2.45, 2.75) is 19.8 Å². The molecule has 0 spiro atoms. The first-order chi connectivity index (χ1) is 10.1. The van der Waals surface area contributed by atoms with Crippen LogP contribution < -0.4 is 0 Å². The van der Waals surface area contributed by atoms with Crippen LogP contribution in [-0.4, -0.2) is 33.1 Å². The Hall–Kier alpha value is -2.50. The number of nitrogens with zero attached hydrogens (tertiary/aromatic N) is 3. The number of aromatic nitrogens is 3. The minimum Gasteiger partial charge on any atom is -0.460 e. The van der Waals surface area contributed by atoms with E-state index in [4.69, 9.17) is 0 Å². The van der Waals surface area contributed by atoms with E-state index in [2.05, 4.69) is 14.8 Å². The first-order valence-electron chi connectivity index (χ1n) is 6.74. The molecule has 2 aromatic heterocycles. The van der Waals surface area contributed by atoms with Gasteiger partial charge < -0.3 is 4.74 Å². The van der Waals surface area contributed by atoms with E-state index in [0.29, 0.717) is 6.42 Å². The van der Waals surface area contributed by atoms with Gasteiger partial charge in [-0.05, 0) is 31.0 Å². The molecule has 21 heavy (non-hydrogen) atoms. The van der Waals surface area contributed by atoms with Gasteiger partial charge in [0, 0.05) is 37.1 Å². The number of hydrogen-bond acceptors (Lipinski definition) is 5. The van der Waals surface area contributed by atoms with E-state index in [9.17, 15) is 9.59 Å². The van der Waals surface area contributed by atoms with Gasteiger partial charge in [0.05, 0.1) is 12.8 Å². The van der Waals surface area contributed by atoms with Crippen molar-refractivity contribution in [3.8, 4) is 11.1 Å². The van der Waals surface area contributed by atoms with Crippen molar-refractivity contribution in [1.82, 2.24) is 14.8 Å². The zero-order valence-corrected chi connectivity index (χ0v) is 12.1. The Balaban J connectivity index is 2.02. The molecule has 6 nitrogen and oxygen atoms in total. The van der Waals surface area contributed by atoms with Gasteiger partial charge >= 0.3 is 5.97 Å². The molecule has 2 aromatic rings. The highest BCUT2D eigenvalue weighted by molar-refractivity contribution is 6.33. The van der Waals surface area contributed by atoms with Crippen molar-refractivity contribution in [1.29, 1.82) is 0 Å². The van der Waals surface area contributed by atoms with E-state index >= 15 is 0 Å². The molecule has 0 aliphatic heterocycles. The fraction of sp³-hybridized carbons (Fsp3) is 0.333. The van der Waals surface area contributed by atoms with Crippen LogP contribution in [-0.2, 0) is 27.8 Å². The largest absolute Gasteiger partial charge is 0.460 e. The van der Waals surface area contributed by atoms with E-state index < -0.39 is 11.8 Å². The number of aryl methyl sites for hydroxylation is 2. The van der Waals surface area contributed by atoms with Crippen molar-refractivity contribution >= 4 is 11.8 Å². The smallest absolute Gasteiger partial charge is 0.374 e. The van der Waals surface area contributed by atoms with Crippen LogP contribution in [0.5, 0.6) is 0 Å². The third-order valence-corrected chi connectivity index (χ3v) is 2.97. The van der Waals surface area contributed by atoms with E-state index in [0.717, 1.165) is 16.8 Å². The maximum Gasteiger partial charge on any atom is 0.374 e. The summed E-state index contributed by atoms with van der Waals surface area (Å²) in [4.78, 5) is 27.0. The molecule has 0 radical (unpaired) electrons. The molecule has 2 heterocycles. The van der Waals surface area contributed by atoms with Crippen LogP contribution in [0.2, 0.25) is 0 Å². The highest BCUT2D eigenvalue weighted by Gasteiger charge is 2.14. The molecule has 0 fully saturated rings. The third-order valence-electron chi connectivity index (χ3n) is 2.97. The van der Waals surface area contributed by atoms with Gasteiger partial charge in [0.1, 0.15) is 0 Å². The zero-order valence-electron chi connectivity index (χ0n) is 12.1. The summed E-state index contributed by atoms with van der Waals surface area (Å²) in [6, 6.07) is 3.78. The summed E-state index contributed by atoms with van der Waals surface area (Å²) in [7, 11) is 1.85. The summed E-state index contributed by atoms with van der Waals surface area (Å²) < 4.78 is 6.39. The fourth-order valence-electron chi connectivity index (χ4n) is 1.92.